The Morgan fingerprint density at radius 3 is 2.74 bits per heavy atom. The molecule has 2 aliphatic rings. The second kappa shape index (κ2) is 4.19. The van der Waals surface area contributed by atoms with Gasteiger partial charge in [0.15, 0.2) is 10.8 Å². The van der Waals surface area contributed by atoms with Crippen LogP contribution in [0.5, 0.6) is 0 Å². The molecule has 2 fully saturated rings. The van der Waals surface area contributed by atoms with Gasteiger partial charge in [-0.2, -0.15) is 4.31 Å². The van der Waals surface area contributed by atoms with Gasteiger partial charge in [-0.25, -0.2) is 13.4 Å². The van der Waals surface area contributed by atoms with Crippen LogP contribution in [0.25, 0.3) is 0 Å². The summed E-state index contributed by atoms with van der Waals surface area (Å²) in [7, 11) is -2.01. The van der Waals surface area contributed by atoms with Crippen LogP contribution in [0.1, 0.15) is 12.8 Å². The highest BCUT2D eigenvalue weighted by atomic mass is 32.2. The summed E-state index contributed by atoms with van der Waals surface area (Å²) in [6.07, 6.45) is 2.68. The highest BCUT2D eigenvalue weighted by molar-refractivity contribution is 7.89. The van der Waals surface area contributed by atoms with Crippen LogP contribution in [-0.4, -0.2) is 46.6 Å². The topological polar surface area (TPSA) is 101 Å². The number of aromatic nitrogens is 2. The zero-order valence-corrected chi connectivity index (χ0v) is 11.5. The predicted octanol–water partition coefficient (Wildman–Crippen LogP) is -0.606. The minimum Gasteiger partial charge on any atom is -0.393 e. The first-order valence-corrected chi connectivity index (χ1v) is 7.80. The number of anilines is 1. The summed E-state index contributed by atoms with van der Waals surface area (Å²) in [5.41, 5.74) is 5.65. The van der Waals surface area contributed by atoms with Crippen molar-refractivity contribution in [1.29, 1.82) is 0 Å². The van der Waals surface area contributed by atoms with Gasteiger partial charge in [-0.3, -0.25) is 0 Å². The van der Waals surface area contributed by atoms with Gasteiger partial charge >= 0.3 is 0 Å². The minimum atomic E-state index is -3.62. The van der Waals surface area contributed by atoms with Gasteiger partial charge < -0.3 is 15.4 Å². The third-order valence-corrected chi connectivity index (χ3v) is 6.24. The summed E-state index contributed by atoms with van der Waals surface area (Å²) in [6.45, 7) is 0.841. The van der Waals surface area contributed by atoms with Crippen molar-refractivity contribution < 1.29 is 13.5 Å². The van der Waals surface area contributed by atoms with Crippen LogP contribution in [0.3, 0.4) is 0 Å². The summed E-state index contributed by atoms with van der Waals surface area (Å²) in [5, 5.41) is 9.90. The fraction of sp³-hybridized carbons (Fsp3) is 0.727. The Hall–Kier alpha value is -1.12. The molecular formula is C11H18N4O3S. The number of hydrogen-bond acceptors (Lipinski definition) is 5. The molecule has 0 bridgehead atoms. The first-order chi connectivity index (χ1) is 8.91. The summed E-state index contributed by atoms with van der Waals surface area (Å²) in [6, 6.07) is 0. The minimum absolute atomic E-state index is 0.0279. The molecule has 3 unspecified atom stereocenters. The van der Waals surface area contributed by atoms with Gasteiger partial charge in [0, 0.05) is 26.1 Å². The number of aryl methyl sites for hydroxylation is 1. The van der Waals surface area contributed by atoms with Gasteiger partial charge in [0.1, 0.15) is 0 Å². The zero-order chi connectivity index (χ0) is 13.8. The molecule has 1 aromatic rings. The SMILES string of the molecule is Cn1cnc(N)c1S(=O)(=O)N1CC2CCC(O)C2C1. The fourth-order valence-corrected chi connectivity index (χ4v) is 4.99. The number of nitrogens with zero attached hydrogens (tertiary/aromatic N) is 3. The molecule has 7 nitrogen and oxygen atoms in total. The summed E-state index contributed by atoms with van der Waals surface area (Å²) in [4.78, 5) is 3.83. The Balaban J connectivity index is 1.91. The van der Waals surface area contributed by atoms with Crippen molar-refractivity contribution in [3.63, 3.8) is 0 Å². The first-order valence-electron chi connectivity index (χ1n) is 6.36. The van der Waals surface area contributed by atoms with E-state index in [2.05, 4.69) is 4.98 Å². The fourth-order valence-electron chi connectivity index (χ4n) is 3.27. The van der Waals surface area contributed by atoms with E-state index in [1.165, 1.54) is 15.2 Å². The molecule has 3 N–H and O–H groups in total. The van der Waals surface area contributed by atoms with E-state index >= 15 is 0 Å². The molecular weight excluding hydrogens is 268 g/mol. The molecule has 1 aliphatic carbocycles. The van der Waals surface area contributed by atoms with Gasteiger partial charge in [0.05, 0.1) is 12.4 Å². The van der Waals surface area contributed by atoms with E-state index in [0.717, 1.165) is 12.8 Å². The van der Waals surface area contributed by atoms with Gasteiger partial charge in [-0.1, -0.05) is 0 Å². The van der Waals surface area contributed by atoms with E-state index < -0.39 is 10.0 Å². The largest absolute Gasteiger partial charge is 0.393 e. The van der Waals surface area contributed by atoms with E-state index in [1.54, 1.807) is 7.05 Å². The van der Waals surface area contributed by atoms with Crippen LogP contribution < -0.4 is 5.73 Å². The molecule has 19 heavy (non-hydrogen) atoms. The van der Waals surface area contributed by atoms with Crippen molar-refractivity contribution in [2.45, 2.75) is 24.0 Å². The third kappa shape index (κ3) is 1.86. The van der Waals surface area contributed by atoms with Crippen molar-refractivity contribution in [2.75, 3.05) is 18.8 Å². The molecule has 0 spiro atoms. The van der Waals surface area contributed by atoms with Gasteiger partial charge in [-0.05, 0) is 18.8 Å². The Kier molecular flexibility index (Phi) is 2.84. The van der Waals surface area contributed by atoms with Crippen molar-refractivity contribution in [3.05, 3.63) is 6.33 Å². The molecule has 1 aromatic heterocycles. The maximum atomic E-state index is 12.6. The summed E-state index contributed by atoms with van der Waals surface area (Å²) in [5.74, 6) is 0.351. The lowest BCUT2D eigenvalue weighted by atomic mass is 10.00. The van der Waals surface area contributed by atoms with E-state index in [0.29, 0.717) is 13.1 Å². The van der Waals surface area contributed by atoms with Crippen molar-refractivity contribution in [3.8, 4) is 0 Å². The molecule has 2 heterocycles. The van der Waals surface area contributed by atoms with E-state index in [-0.39, 0.29) is 28.8 Å². The van der Waals surface area contributed by atoms with E-state index in [1.807, 2.05) is 0 Å². The molecule has 3 rings (SSSR count). The van der Waals surface area contributed by atoms with Crippen LogP contribution in [0.2, 0.25) is 0 Å². The lowest BCUT2D eigenvalue weighted by molar-refractivity contribution is 0.129. The number of nitrogens with two attached hydrogens (primary N) is 1. The average Bonchev–Trinajstić information content (AvgIpc) is 2.97. The molecule has 3 atom stereocenters. The highest BCUT2D eigenvalue weighted by Crippen LogP contribution is 2.40. The number of aliphatic hydroxyl groups is 1. The van der Waals surface area contributed by atoms with Crippen LogP contribution in [0.4, 0.5) is 5.82 Å². The number of hydrogen-bond donors (Lipinski definition) is 2. The molecule has 0 aromatic carbocycles. The second-order valence-corrected chi connectivity index (χ2v) is 7.29. The molecule has 0 amide bonds. The number of nitrogen functional groups attached to an aromatic ring is 1. The molecule has 1 saturated heterocycles. The average molecular weight is 286 g/mol. The lowest BCUT2D eigenvalue weighted by Crippen LogP contribution is -2.32. The predicted molar refractivity (Wildman–Crippen MR) is 68.6 cm³/mol. The standard InChI is InChI=1S/C11H18N4O3S/c1-14-6-13-10(12)11(14)19(17,18)15-4-7-2-3-9(16)8(7)5-15/h6-9,16H,2-5,12H2,1H3. The van der Waals surface area contributed by atoms with E-state index in [9.17, 15) is 13.5 Å². The van der Waals surface area contributed by atoms with Crippen LogP contribution >= 0.6 is 0 Å². The lowest BCUT2D eigenvalue weighted by Gasteiger charge is -2.18. The van der Waals surface area contributed by atoms with E-state index in [4.69, 9.17) is 5.73 Å². The Bertz CT molecular complexity index is 578. The highest BCUT2D eigenvalue weighted by Gasteiger charge is 2.46. The van der Waals surface area contributed by atoms with Crippen LogP contribution in [0, 0.1) is 11.8 Å². The van der Waals surface area contributed by atoms with Crippen LogP contribution in [-0.2, 0) is 17.1 Å². The number of aliphatic hydroxyl groups excluding tert-OH is 1. The number of rotatable bonds is 2. The quantitative estimate of drug-likeness (QED) is 0.755. The van der Waals surface area contributed by atoms with Crippen molar-refractivity contribution >= 4 is 15.8 Å². The Morgan fingerprint density at radius 1 is 1.42 bits per heavy atom. The second-order valence-electron chi connectivity index (χ2n) is 5.44. The van der Waals surface area contributed by atoms with Gasteiger partial charge in [0.25, 0.3) is 10.0 Å². The smallest absolute Gasteiger partial charge is 0.262 e. The van der Waals surface area contributed by atoms with Gasteiger partial charge in [-0.15, -0.1) is 0 Å². The Labute approximate surface area is 112 Å². The number of imidazole rings is 1. The Morgan fingerprint density at radius 2 is 2.16 bits per heavy atom. The first kappa shape index (κ1) is 12.9. The van der Waals surface area contributed by atoms with Crippen LogP contribution in [0.15, 0.2) is 11.4 Å². The third-order valence-electron chi connectivity index (χ3n) is 4.28. The van der Waals surface area contributed by atoms with Crippen molar-refractivity contribution in [1.82, 2.24) is 13.9 Å². The molecule has 1 saturated carbocycles. The van der Waals surface area contributed by atoms with Crippen molar-refractivity contribution in [2.24, 2.45) is 18.9 Å². The summed E-state index contributed by atoms with van der Waals surface area (Å²) < 4.78 is 28.0. The monoisotopic (exact) mass is 286 g/mol. The molecule has 106 valence electrons. The van der Waals surface area contributed by atoms with Gasteiger partial charge in [0.2, 0.25) is 0 Å². The molecule has 1 aliphatic heterocycles. The summed E-state index contributed by atoms with van der Waals surface area (Å²) >= 11 is 0. The molecule has 0 radical (unpaired) electrons. The maximum Gasteiger partial charge on any atom is 0.262 e. The number of sulfonamides is 1. The molecule has 8 heteroatoms. The maximum absolute atomic E-state index is 12.6. The zero-order valence-electron chi connectivity index (χ0n) is 10.7. The normalized spacial score (nSPS) is 31.8. The number of fused-ring (bicyclic) bond motifs is 1.